The maximum absolute atomic E-state index is 13.3. The summed E-state index contributed by atoms with van der Waals surface area (Å²) in [5.74, 6) is 5.57. The number of hydrogen-bond donors (Lipinski definition) is 2. The van der Waals surface area contributed by atoms with Crippen molar-refractivity contribution in [1.29, 1.82) is 0 Å². The van der Waals surface area contributed by atoms with Gasteiger partial charge in [0.05, 0.1) is 11.2 Å². The van der Waals surface area contributed by atoms with Crippen LogP contribution in [-0.4, -0.2) is 4.98 Å². The lowest BCUT2D eigenvalue weighted by Crippen LogP contribution is -2.12. The van der Waals surface area contributed by atoms with Crippen LogP contribution in [0.15, 0.2) is 18.2 Å². The third kappa shape index (κ3) is 1.96. The van der Waals surface area contributed by atoms with Gasteiger partial charge < -0.3 is 5.43 Å². The van der Waals surface area contributed by atoms with E-state index in [4.69, 9.17) is 5.84 Å². The lowest BCUT2D eigenvalue weighted by atomic mass is 9.97. The van der Waals surface area contributed by atoms with E-state index in [2.05, 4.69) is 24.3 Å². The quantitative estimate of drug-likeness (QED) is 0.619. The molecule has 17 heavy (non-hydrogen) atoms. The molecular formula is C13H16FN3. The van der Waals surface area contributed by atoms with Crippen molar-refractivity contribution in [3.05, 3.63) is 35.3 Å². The van der Waals surface area contributed by atoms with Crippen molar-refractivity contribution in [3.8, 4) is 0 Å². The summed E-state index contributed by atoms with van der Waals surface area (Å²) in [6.45, 7) is 6.07. The van der Waals surface area contributed by atoms with E-state index in [1.165, 1.54) is 12.1 Å². The van der Waals surface area contributed by atoms with Crippen molar-refractivity contribution in [3.63, 3.8) is 0 Å². The minimum atomic E-state index is -0.283. The molecule has 1 aromatic carbocycles. The van der Waals surface area contributed by atoms with Crippen LogP contribution in [0.25, 0.3) is 10.9 Å². The molecule has 0 unspecified atom stereocenters. The molecule has 3 nitrogen and oxygen atoms in total. The van der Waals surface area contributed by atoms with E-state index in [0.29, 0.717) is 0 Å². The van der Waals surface area contributed by atoms with Crippen LogP contribution in [-0.2, 0) is 0 Å². The van der Waals surface area contributed by atoms with Gasteiger partial charge in [-0.25, -0.2) is 4.39 Å². The van der Waals surface area contributed by atoms with Crippen LogP contribution in [0.5, 0.6) is 0 Å². The Bertz CT molecular complexity index is 564. The Kier molecular flexibility index (Phi) is 2.98. The molecule has 0 atom stereocenters. The zero-order chi connectivity index (χ0) is 12.6. The van der Waals surface area contributed by atoms with Gasteiger partial charge in [0.15, 0.2) is 0 Å². The number of benzene rings is 1. The number of nitrogen functional groups attached to an aromatic ring is 1. The summed E-state index contributed by atoms with van der Waals surface area (Å²) < 4.78 is 13.3. The number of fused-ring (bicyclic) bond motifs is 1. The summed E-state index contributed by atoms with van der Waals surface area (Å²) in [7, 11) is 0. The van der Waals surface area contributed by atoms with E-state index in [-0.39, 0.29) is 11.7 Å². The monoisotopic (exact) mass is 233 g/mol. The molecule has 0 aliphatic heterocycles. The minimum Gasteiger partial charge on any atom is -0.323 e. The largest absolute Gasteiger partial charge is 0.323 e. The molecule has 0 saturated carbocycles. The molecule has 1 aromatic heterocycles. The van der Waals surface area contributed by atoms with Gasteiger partial charge in [-0.2, -0.15) is 0 Å². The third-order valence-corrected chi connectivity index (χ3v) is 2.90. The van der Waals surface area contributed by atoms with Gasteiger partial charge in [0, 0.05) is 16.6 Å². The standard InChI is InChI=1S/C13H16FN3/c1-7(2)12-8(3)16-11-5-4-9(14)6-10(11)13(12)17-15/h4-7H,15H2,1-3H3,(H,16,17). The first-order valence-electron chi connectivity index (χ1n) is 5.61. The van der Waals surface area contributed by atoms with Crippen molar-refractivity contribution in [2.45, 2.75) is 26.7 Å². The molecule has 3 N–H and O–H groups in total. The molecule has 0 amide bonds. The molecule has 0 aliphatic carbocycles. The highest BCUT2D eigenvalue weighted by molar-refractivity contribution is 5.93. The number of hydrogen-bond acceptors (Lipinski definition) is 3. The summed E-state index contributed by atoms with van der Waals surface area (Å²) in [4.78, 5) is 4.48. The molecular weight excluding hydrogens is 217 g/mol. The SMILES string of the molecule is Cc1nc2ccc(F)cc2c(NN)c1C(C)C. The zero-order valence-electron chi connectivity index (χ0n) is 10.2. The number of anilines is 1. The zero-order valence-corrected chi connectivity index (χ0v) is 10.2. The van der Waals surface area contributed by atoms with Gasteiger partial charge in [-0.05, 0) is 31.0 Å². The molecule has 0 saturated heterocycles. The molecule has 0 bridgehead atoms. The van der Waals surface area contributed by atoms with Crippen LogP contribution in [0.4, 0.5) is 10.1 Å². The molecule has 0 spiro atoms. The minimum absolute atomic E-state index is 0.279. The average Bonchev–Trinajstić information content (AvgIpc) is 2.27. The summed E-state index contributed by atoms with van der Waals surface area (Å²) in [5, 5.41) is 0.724. The second-order valence-electron chi connectivity index (χ2n) is 4.45. The topological polar surface area (TPSA) is 50.9 Å². The molecule has 0 aliphatic rings. The predicted molar refractivity (Wildman–Crippen MR) is 68.3 cm³/mol. The summed E-state index contributed by atoms with van der Waals surface area (Å²) in [6, 6.07) is 4.54. The Morgan fingerprint density at radius 2 is 2.06 bits per heavy atom. The normalized spacial score (nSPS) is 11.2. The first-order chi connectivity index (χ1) is 8.04. The first-order valence-corrected chi connectivity index (χ1v) is 5.61. The summed E-state index contributed by atoms with van der Waals surface area (Å²) in [6.07, 6.45) is 0. The molecule has 2 aromatic rings. The third-order valence-electron chi connectivity index (χ3n) is 2.90. The van der Waals surface area contributed by atoms with Crippen LogP contribution in [0, 0.1) is 12.7 Å². The number of rotatable bonds is 2. The van der Waals surface area contributed by atoms with Crippen LogP contribution in [0.3, 0.4) is 0 Å². The van der Waals surface area contributed by atoms with Crippen molar-refractivity contribution >= 4 is 16.6 Å². The van der Waals surface area contributed by atoms with Crippen LogP contribution in [0.1, 0.15) is 31.0 Å². The van der Waals surface area contributed by atoms with Crippen molar-refractivity contribution in [1.82, 2.24) is 4.98 Å². The second kappa shape index (κ2) is 4.30. The molecule has 2 rings (SSSR count). The maximum atomic E-state index is 13.3. The summed E-state index contributed by atoms with van der Waals surface area (Å²) >= 11 is 0. The van der Waals surface area contributed by atoms with Gasteiger partial charge in [0.2, 0.25) is 0 Å². The van der Waals surface area contributed by atoms with Crippen molar-refractivity contribution in [2.24, 2.45) is 5.84 Å². The fraction of sp³-hybridized carbons (Fsp3) is 0.308. The number of pyridine rings is 1. The van der Waals surface area contributed by atoms with Crippen molar-refractivity contribution < 1.29 is 4.39 Å². The van der Waals surface area contributed by atoms with Gasteiger partial charge in [-0.15, -0.1) is 0 Å². The maximum Gasteiger partial charge on any atom is 0.124 e. The van der Waals surface area contributed by atoms with Gasteiger partial charge in [-0.1, -0.05) is 13.8 Å². The van der Waals surface area contributed by atoms with E-state index in [1.807, 2.05) is 6.92 Å². The number of aromatic nitrogens is 1. The van der Waals surface area contributed by atoms with Crippen LogP contribution < -0.4 is 11.3 Å². The summed E-state index contributed by atoms with van der Waals surface area (Å²) in [5.41, 5.74) is 6.15. The molecule has 4 heteroatoms. The van der Waals surface area contributed by atoms with Gasteiger partial charge >= 0.3 is 0 Å². The highest BCUT2D eigenvalue weighted by atomic mass is 19.1. The lowest BCUT2D eigenvalue weighted by Gasteiger charge is -2.17. The van der Waals surface area contributed by atoms with E-state index < -0.39 is 0 Å². The predicted octanol–water partition coefficient (Wildman–Crippen LogP) is 3.09. The van der Waals surface area contributed by atoms with Crippen LogP contribution >= 0.6 is 0 Å². The molecule has 0 radical (unpaired) electrons. The van der Waals surface area contributed by atoms with Crippen molar-refractivity contribution in [2.75, 3.05) is 5.43 Å². The molecule has 0 fully saturated rings. The average molecular weight is 233 g/mol. The second-order valence-corrected chi connectivity index (χ2v) is 4.45. The van der Waals surface area contributed by atoms with Gasteiger partial charge in [-0.3, -0.25) is 10.8 Å². The van der Waals surface area contributed by atoms with E-state index in [0.717, 1.165) is 27.8 Å². The molecule has 1 heterocycles. The highest BCUT2D eigenvalue weighted by Gasteiger charge is 2.15. The molecule has 90 valence electrons. The lowest BCUT2D eigenvalue weighted by molar-refractivity contribution is 0.629. The highest BCUT2D eigenvalue weighted by Crippen LogP contribution is 2.33. The Labute approximate surface area is 99.8 Å². The van der Waals surface area contributed by atoms with E-state index in [1.54, 1.807) is 6.07 Å². The Balaban J connectivity index is 2.87. The number of nitrogens with one attached hydrogen (secondary N) is 1. The van der Waals surface area contributed by atoms with Gasteiger partial charge in [0.25, 0.3) is 0 Å². The number of aryl methyl sites for hydroxylation is 1. The van der Waals surface area contributed by atoms with E-state index >= 15 is 0 Å². The number of nitrogens with two attached hydrogens (primary N) is 1. The number of hydrazine groups is 1. The number of nitrogens with zero attached hydrogens (tertiary/aromatic N) is 1. The Hall–Kier alpha value is -1.68. The fourth-order valence-corrected chi connectivity index (χ4v) is 2.23. The Morgan fingerprint density at radius 1 is 1.35 bits per heavy atom. The Morgan fingerprint density at radius 3 is 2.65 bits per heavy atom. The van der Waals surface area contributed by atoms with Gasteiger partial charge in [0.1, 0.15) is 5.82 Å². The smallest absolute Gasteiger partial charge is 0.124 e. The number of halogens is 1. The first kappa shape index (κ1) is 11.8. The van der Waals surface area contributed by atoms with E-state index in [9.17, 15) is 4.39 Å². The van der Waals surface area contributed by atoms with Crippen LogP contribution in [0.2, 0.25) is 0 Å². The fourth-order valence-electron chi connectivity index (χ4n) is 2.23.